The molecule has 104 heavy (non-hydrogen) atoms. The fourth-order valence-electron chi connectivity index (χ4n) is 9.04. The van der Waals surface area contributed by atoms with E-state index in [0.717, 1.165) is 154 Å². The Morgan fingerprint density at radius 3 is 0.721 bits per heavy atom. The zero-order chi connectivity index (χ0) is 76.0. The number of unbranched alkanes of at least 4 members (excludes halogenated alkanes) is 9. The van der Waals surface area contributed by atoms with Crippen molar-refractivity contribution in [2.45, 2.75) is 264 Å². The second kappa shape index (κ2) is 74.9. The molecule has 0 saturated heterocycles. The van der Waals surface area contributed by atoms with Gasteiger partial charge in [0.25, 0.3) is 0 Å². The Hall–Kier alpha value is -6.36. The number of phosphoric ester groups is 2. The van der Waals surface area contributed by atoms with Crippen LogP contribution in [0.1, 0.15) is 246 Å². The molecule has 584 valence electrons. The van der Waals surface area contributed by atoms with Gasteiger partial charge in [0.2, 0.25) is 0 Å². The first-order chi connectivity index (χ1) is 50.7. The maximum atomic E-state index is 13.1. The van der Waals surface area contributed by atoms with Crippen LogP contribution in [-0.4, -0.2) is 96.7 Å². The van der Waals surface area contributed by atoms with E-state index in [1.165, 1.54) is 0 Å². The van der Waals surface area contributed by atoms with Crippen molar-refractivity contribution < 1.29 is 80.2 Å². The van der Waals surface area contributed by atoms with Gasteiger partial charge in [-0.15, -0.1) is 0 Å². The Bertz CT molecular complexity index is 2790. The zero-order valence-electron chi connectivity index (χ0n) is 63.6. The normalized spacial score (nSPS) is 15.0. The summed E-state index contributed by atoms with van der Waals surface area (Å²) in [6.07, 6.45) is 92.6. The Morgan fingerprint density at radius 1 is 0.269 bits per heavy atom. The van der Waals surface area contributed by atoms with Gasteiger partial charge >= 0.3 is 39.5 Å². The average molecular weight is 1490 g/mol. The van der Waals surface area contributed by atoms with Crippen molar-refractivity contribution in [2.75, 3.05) is 39.6 Å². The highest BCUT2D eigenvalue weighted by molar-refractivity contribution is 7.47. The van der Waals surface area contributed by atoms with E-state index in [-0.39, 0.29) is 25.7 Å². The minimum Gasteiger partial charge on any atom is -0.462 e. The first kappa shape index (κ1) is 97.6. The highest BCUT2D eigenvalue weighted by Crippen LogP contribution is 2.45. The summed E-state index contributed by atoms with van der Waals surface area (Å²) >= 11 is 0. The number of esters is 4. The van der Waals surface area contributed by atoms with E-state index in [9.17, 15) is 43.2 Å². The minimum atomic E-state index is -5.01. The fraction of sp³-hybridized carbons (Fsp3) is 0.553. The van der Waals surface area contributed by atoms with Crippen LogP contribution in [0.15, 0.2) is 207 Å². The molecular formula is C85H132O17P2. The Balaban J connectivity index is 5.53. The number of ether oxygens (including phenoxy) is 4. The molecule has 5 atom stereocenters. The molecule has 0 aliphatic heterocycles. The predicted octanol–water partition coefficient (Wildman–Crippen LogP) is 22.3. The van der Waals surface area contributed by atoms with Crippen molar-refractivity contribution in [3.63, 3.8) is 0 Å². The molecule has 0 aliphatic carbocycles. The van der Waals surface area contributed by atoms with E-state index < -0.39 is 97.5 Å². The number of carbonyl (C=O) groups is 4. The van der Waals surface area contributed by atoms with Crippen LogP contribution in [0.5, 0.6) is 0 Å². The predicted molar refractivity (Wildman–Crippen MR) is 426 cm³/mol. The van der Waals surface area contributed by atoms with E-state index >= 15 is 0 Å². The van der Waals surface area contributed by atoms with Gasteiger partial charge in [0.1, 0.15) is 19.3 Å². The third kappa shape index (κ3) is 73.9. The first-order valence-corrected chi connectivity index (χ1v) is 41.3. The number of allylic oxidation sites excluding steroid dienone is 34. The van der Waals surface area contributed by atoms with Gasteiger partial charge in [-0.1, -0.05) is 241 Å². The number of carbonyl (C=O) groups excluding carboxylic acids is 4. The van der Waals surface area contributed by atoms with Crippen LogP contribution < -0.4 is 0 Å². The third-order valence-corrected chi connectivity index (χ3v) is 16.6. The highest BCUT2D eigenvalue weighted by Gasteiger charge is 2.30. The summed E-state index contributed by atoms with van der Waals surface area (Å²) < 4.78 is 68.4. The molecule has 5 unspecified atom stereocenters. The van der Waals surface area contributed by atoms with E-state index in [2.05, 4.69) is 228 Å². The Morgan fingerprint density at radius 2 is 0.471 bits per heavy atom. The van der Waals surface area contributed by atoms with Crippen molar-refractivity contribution in [1.29, 1.82) is 0 Å². The van der Waals surface area contributed by atoms with Crippen LogP contribution in [0.2, 0.25) is 0 Å². The summed E-state index contributed by atoms with van der Waals surface area (Å²) in [7, 11) is -10.0. The number of rotatable bonds is 69. The lowest BCUT2D eigenvalue weighted by Crippen LogP contribution is -2.30. The van der Waals surface area contributed by atoms with Crippen molar-refractivity contribution in [3.8, 4) is 0 Å². The maximum Gasteiger partial charge on any atom is 0.472 e. The number of hydrogen-bond acceptors (Lipinski definition) is 15. The van der Waals surface area contributed by atoms with E-state index in [1.54, 1.807) is 0 Å². The number of phosphoric acid groups is 2. The van der Waals surface area contributed by atoms with Gasteiger partial charge in [0.15, 0.2) is 12.2 Å². The molecule has 0 radical (unpaired) electrons. The lowest BCUT2D eigenvalue weighted by molar-refractivity contribution is -0.161. The monoisotopic (exact) mass is 1490 g/mol. The van der Waals surface area contributed by atoms with Crippen LogP contribution in [0.3, 0.4) is 0 Å². The summed E-state index contributed by atoms with van der Waals surface area (Å²) in [6, 6.07) is 0. The van der Waals surface area contributed by atoms with Crippen LogP contribution in [0.25, 0.3) is 0 Å². The van der Waals surface area contributed by atoms with Gasteiger partial charge in [-0.3, -0.25) is 37.3 Å². The van der Waals surface area contributed by atoms with Gasteiger partial charge in [-0.05, 0) is 186 Å². The second-order valence-corrected chi connectivity index (χ2v) is 27.3. The molecule has 17 nitrogen and oxygen atoms in total. The Labute approximate surface area is 627 Å². The van der Waals surface area contributed by atoms with Gasteiger partial charge in [-0.25, -0.2) is 9.13 Å². The number of aliphatic hydroxyl groups is 1. The summed E-state index contributed by atoms with van der Waals surface area (Å²) in [6.45, 7) is 4.18. The largest absolute Gasteiger partial charge is 0.472 e. The number of aliphatic hydroxyl groups excluding tert-OH is 1. The molecule has 0 amide bonds. The first-order valence-electron chi connectivity index (χ1n) is 38.3. The van der Waals surface area contributed by atoms with Crippen LogP contribution >= 0.6 is 15.6 Å². The zero-order valence-corrected chi connectivity index (χ0v) is 65.4. The van der Waals surface area contributed by atoms with Crippen molar-refractivity contribution in [1.82, 2.24) is 0 Å². The van der Waals surface area contributed by atoms with Crippen LogP contribution in [-0.2, 0) is 65.4 Å². The van der Waals surface area contributed by atoms with Crippen molar-refractivity contribution >= 4 is 39.5 Å². The van der Waals surface area contributed by atoms with Gasteiger partial charge in [0, 0.05) is 25.7 Å². The summed E-state index contributed by atoms with van der Waals surface area (Å²) in [4.78, 5) is 72.9. The molecule has 0 aliphatic rings. The second-order valence-electron chi connectivity index (χ2n) is 24.4. The van der Waals surface area contributed by atoms with E-state index in [0.29, 0.717) is 38.5 Å². The van der Waals surface area contributed by atoms with Gasteiger partial charge in [-0.2, -0.15) is 0 Å². The molecular weight excluding hydrogens is 1350 g/mol. The quantitative estimate of drug-likeness (QED) is 0.0169. The highest BCUT2D eigenvalue weighted by atomic mass is 31.2. The number of hydrogen-bond donors (Lipinski definition) is 3. The SMILES string of the molecule is CC/C=C\C/C=C\C/C=C\C/C=C\C/C=C\CCCCCC(=O)OCC(COP(=O)(O)OCC(O)COP(=O)(O)OCC(COC(=O)CCCC/C=C\C/C=C\C/C=C\C/C=C\CC)OC(=O)CCCC/C=C\C/C=C\C/C=C\C/C=C\CC)OC(=O)CCCC/C=C\C/C=C\C/C=C\C/C=C\CC. The minimum absolute atomic E-state index is 0.0228. The molecule has 19 heteroatoms. The average Bonchev–Trinajstić information content (AvgIpc) is 0.918. The lowest BCUT2D eigenvalue weighted by atomic mass is 10.1. The summed E-state index contributed by atoms with van der Waals surface area (Å²) in [5.74, 6) is -2.39. The van der Waals surface area contributed by atoms with E-state index in [1.807, 2.05) is 6.08 Å². The van der Waals surface area contributed by atoms with Gasteiger partial charge in [0.05, 0.1) is 26.4 Å². The maximum absolute atomic E-state index is 13.1. The molecule has 0 aromatic carbocycles. The van der Waals surface area contributed by atoms with Crippen molar-refractivity contribution in [3.05, 3.63) is 207 Å². The van der Waals surface area contributed by atoms with Gasteiger partial charge < -0.3 is 33.8 Å². The molecule has 0 rings (SSSR count). The molecule has 0 heterocycles. The molecule has 0 bridgehead atoms. The summed E-state index contributed by atoms with van der Waals surface area (Å²) in [5, 5.41) is 10.6. The molecule has 0 spiro atoms. The summed E-state index contributed by atoms with van der Waals surface area (Å²) in [5.41, 5.74) is 0. The van der Waals surface area contributed by atoms with Crippen molar-refractivity contribution in [2.24, 2.45) is 0 Å². The molecule has 0 fully saturated rings. The molecule has 0 aromatic heterocycles. The molecule has 0 saturated carbocycles. The Kier molecular flexibility index (Phi) is 70.3. The fourth-order valence-corrected chi connectivity index (χ4v) is 10.6. The van der Waals surface area contributed by atoms with Crippen LogP contribution in [0.4, 0.5) is 0 Å². The van der Waals surface area contributed by atoms with Crippen LogP contribution in [0, 0.1) is 0 Å². The topological polar surface area (TPSA) is 237 Å². The lowest BCUT2D eigenvalue weighted by Gasteiger charge is -2.21. The molecule has 3 N–H and O–H groups in total. The van der Waals surface area contributed by atoms with E-state index in [4.69, 9.17) is 37.0 Å². The standard InChI is InChI=1S/C85H132O17P2/c1-5-9-13-17-21-25-29-33-37-38-39-40-44-46-50-54-58-62-66-70-83(88)96-76-81(102-85(90)72-68-64-60-56-52-48-43-36-32-28-24-20-16-12-8-4)78-100-104(93,94)98-74-79(86)73-97-103(91,92)99-77-80(101-84(89)71-67-63-59-55-51-47-42-35-31-27-23-19-15-11-7-3)75-95-82(87)69-65-61-57-53-49-45-41-34-30-26-22-18-14-10-6-2/h9-16,21-28,33-37,39-43,46,49-53,55-56,79-81,86H,5-8,17-20,29-32,38,44-45,47-48,54,57-78H2,1-4H3,(H,91,92)(H,93,94)/b13-9-,14-10-,15-11-,16-12-,25-21-,26-22-,27-23-,28-24-,37-33-,40-39-,41-34-,42-35-,43-36-,50-46-,53-49-,55-51-,56-52-. The smallest absolute Gasteiger partial charge is 0.462 e. The molecule has 0 aromatic rings. The third-order valence-electron chi connectivity index (χ3n) is 14.7.